The Labute approximate surface area is 128 Å². The lowest BCUT2D eigenvalue weighted by molar-refractivity contribution is -0.120. The van der Waals surface area contributed by atoms with E-state index in [1.807, 2.05) is 37.3 Å². The molecule has 0 radical (unpaired) electrons. The van der Waals surface area contributed by atoms with Crippen LogP contribution >= 0.6 is 11.8 Å². The Morgan fingerprint density at radius 2 is 1.81 bits per heavy atom. The van der Waals surface area contributed by atoms with E-state index in [0.29, 0.717) is 17.9 Å². The van der Waals surface area contributed by atoms with Gasteiger partial charge in [-0.05, 0) is 24.1 Å². The Bertz CT molecular complexity index is 588. The summed E-state index contributed by atoms with van der Waals surface area (Å²) in [7, 11) is 0. The van der Waals surface area contributed by atoms with Crippen molar-refractivity contribution in [3.63, 3.8) is 0 Å². The van der Waals surface area contributed by atoms with Gasteiger partial charge < -0.3 is 5.32 Å². The van der Waals surface area contributed by atoms with Crippen molar-refractivity contribution < 1.29 is 9.18 Å². The fourth-order valence-electron chi connectivity index (χ4n) is 1.83. The molecule has 2 aromatic rings. The summed E-state index contributed by atoms with van der Waals surface area (Å²) >= 11 is 1.43. The van der Waals surface area contributed by atoms with Gasteiger partial charge in [0.1, 0.15) is 5.82 Å². The first kappa shape index (κ1) is 15.6. The third-order valence-electron chi connectivity index (χ3n) is 3.13. The van der Waals surface area contributed by atoms with Crippen molar-refractivity contribution in [3.8, 4) is 0 Å². The van der Waals surface area contributed by atoms with Gasteiger partial charge in [0.25, 0.3) is 0 Å². The fraction of sp³-hybridized carbons (Fsp3) is 0.235. The van der Waals surface area contributed by atoms with Crippen LogP contribution in [-0.2, 0) is 17.1 Å². The summed E-state index contributed by atoms with van der Waals surface area (Å²) in [6.45, 7) is 2.36. The molecule has 0 aromatic heterocycles. The Balaban J connectivity index is 1.79. The van der Waals surface area contributed by atoms with Crippen LogP contribution in [0.25, 0.3) is 0 Å². The average Bonchev–Trinajstić information content (AvgIpc) is 2.52. The molecule has 4 heteroatoms. The molecule has 0 unspecified atom stereocenters. The summed E-state index contributed by atoms with van der Waals surface area (Å²) < 4.78 is 13.5. The van der Waals surface area contributed by atoms with Crippen LogP contribution in [0.2, 0.25) is 0 Å². The number of hydrogen-bond acceptors (Lipinski definition) is 2. The van der Waals surface area contributed by atoms with Gasteiger partial charge in [-0.2, -0.15) is 0 Å². The third kappa shape index (κ3) is 4.90. The molecule has 0 aliphatic rings. The maximum atomic E-state index is 13.5. The smallest absolute Gasteiger partial charge is 0.233 e. The third-order valence-corrected chi connectivity index (χ3v) is 4.32. The van der Waals surface area contributed by atoms with Crippen molar-refractivity contribution in [2.24, 2.45) is 0 Å². The van der Waals surface area contributed by atoms with Crippen molar-refractivity contribution in [3.05, 3.63) is 71.5 Å². The van der Waals surface area contributed by atoms with Crippen LogP contribution in [0.4, 0.5) is 4.39 Å². The summed E-state index contributed by atoms with van der Waals surface area (Å²) in [5.74, 6) is 0.245. The van der Waals surface area contributed by atoms with Gasteiger partial charge in [-0.1, -0.05) is 48.5 Å². The molecular formula is C17H18FNOS. The predicted octanol–water partition coefficient (Wildman–Crippen LogP) is 3.76. The second kappa shape index (κ2) is 7.84. The predicted molar refractivity (Wildman–Crippen MR) is 85.4 cm³/mol. The largest absolute Gasteiger partial charge is 0.351 e. The van der Waals surface area contributed by atoms with Crippen LogP contribution in [0.15, 0.2) is 54.6 Å². The molecular weight excluding hydrogens is 285 g/mol. The van der Waals surface area contributed by atoms with E-state index in [0.717, 1.165) is 5.56 Å². The highest BCUT2D eigenvalue weighted by Crippen LogP contribution is 2.19. The van der Waals surface area contributed by atoms with Gasteiger partial charge in [-0.25, -0.2) is 4.39 Å². The number of thioether (sulfide) groups is 1. The standard InChI is InChI=1S/C17H18FNOS/c1-13(21-12-15-9-5-6-10-16(15)18)17(20)19-11-14-7-3-2-4-8-14/h2-10,13H,11-12H2,1H3,(H,19,20)/t13-/m0/s1. The van der Waals surface area contributed by atoms with Crippen LogP contribution < -0.4 is 5.32 Å². The maximum absolute atomic E-state index is 13.5. The van der Waals surface area contributed by atoms with Crippen LogP contribution in [0.5, 0.6) is 0 Å². The van der Waals surface area contributed by atoms with Gasteiger partial charge in [0.15, 0.2) is 0 Å². The number of carbonyl (C=O) groups is 1. The monoisotopic (exact) mass is 303 g/mol. The van der Waals surface area contributed by atoms with Crippen molar-refractivity contribution in [1.82, 2.24) is 5.32 Å². The van der Waals surface area contributed by atoms with E-state index < -0.39 is 0 Å². The lowest BCUT2D eigenvalue weighted by atomic mass is 10.2. The SMILES string of the molecule is C[C@H](SCc1ccccc1F)C(=O)NCc1ccccc1. The zero-order chi connectivity index (χ0) is 15.1. The summed E-state index contributed by atoms with van der Waals surface area (Å²) in [6.07, 6.45) is 0. The number of nitrogens with one attached hydrogen (secondary N) is 1. The van der Waals surface area contributed by atoms with E-state index in [-0.39, 0.29) is 17.0 Å². The first-order valence-corrected chi connectivity index (χ1v) is 7.88. The highest BCUT2D eigenvalue weighted by atomic mass is 32.2. The van der Waals surface area contributed by atoms with E-state index in [1.165, 1.54) is 17.8 Å². The van der Waals surface area contributed by atoms with Crippen LogP contribution in [0.3, 0.4) is 0 Å². The first-order valence-electron chi connectivity index (χ1n) is 6.83. The van der Waals surface area contributed by atoms with Crippen LogP contribution in [0, 0.1) is 5.82 Å². The van der Waals surface area contributed by atoms with E-state index in [9.17, 15) is 9.18 Å². The Kier molecular flexibility index (Phi) is 5.81. The molecule has 1 amide bonds. The van der Waals surface area contributed by atoms with Gasteiger partial charge in [-0.15, -0.1) is 11.8 Å². The quantitative estimate of drug-likeness (QED) is 0.880. The molecule has 0 saturated carbocycles. The van der Waals surface area contributed by atoms with Gasteiger partial charge in [0.2, 0.25) is 5.91 Å². The van der Waals surface area contributed by atoms with Crippen LogP contribution in [-0.4, -0.2) is 11.2 Å². The van der Waals surface area contributed by atoms with E-state index in [4.69, 9.17) is 0 Å². The Hall–Kier alpha value is -1.81. The van der Waals surface area contributed by atoms with E-state index >= 15 is 0 Å². The highest BCUT2D eigenvalue weighted by Gasteiger charge is 2.13. The zero-order valence-corrected chi connectivity index (χ0v) is 12.7. The molecule has 1 atom stereocenters. The number of halogens is 1. The minimum Gasteiger partial charge on any atom is -0.351 e. The summed E-state index contributed by atoms with van der Waals surface area (Å²) in [5, 5.41) is 2.68. The molecule has 0 heterocycles. The van der Waals surface area contributed by atoms with E-state index in [1.54, 1.807) is 18.2 Å². The molecule has 0 spiro atoms. The molecule has 0 bridgehead atoms. The number of benzene rings is 2. The van der Waals surface area contributed by atoms with Gasteiger partial charge in [0.05, 0.1) is 5.25 Å². The maximum Gasteiger partial charge on any atom is 0.233 e. The first-order chi connectivity index (χ1) is 10.2. The van der Waals surface area contributed by atoms with Gasteiger partial charge in [-0.3, -0.25) is 4.79 Å². The second-order valence-electron chi connectivity index (χ2n) is 4.75. The molecule has 0 saturated heterocycles. The lowest BCUT2D eigenvalue weighted by Crippen LogP contribution is -2.30. The minimum atomic E-state index is -0.220. The van der Waals surface area contributed by atoms with Gasteiger partial charge in [0, 0.05) is 12.3 Å². The number of rotatable bonds is 6. The topological polar surface area (TPSA) is 29.1 Å². The number of hydrogen-bond donors (Lipinski definition) is 1. The minimum absolute atomic E-state index is 0.0276. The summed E-state index contributed by atoms with van der Waals surface area (Å²) in [6, 6.07) is 16.4. The lowest BCUT2D eigenvalue weighted by Gasteiger charge is -2.12. The van der Waals surface area contributed by atoms with Crippen molar-refractivity contribution in [2.75, 3.05) is 0 Å². The Morgan fingerprint density at radius 1 is 1.14 bits per heavy atom. The molecule has 2 aromatic carbocycles. The molecule has 0 fully saturated rings. The van der Waals surface area contributed by atoms with Gasteiger partial charge >= 0.3 is 0 Å². The number of carbonyl (C=O) groups excluding carboxylic acids is 1. The molecule has 21 heavy (non-hydrogen) atoms. The van der Waals surface area contributed by atoms with Crippen molar-refractivity contribution in [1.29, 1.82) is 0 Å². The second-order valence-corrected chi connectivity index (χ2v) is 6.08. The molecule has 0 aliphatic carbocycles. The fourth-order valence-corrected chi connectivity index (χ4v) is 2.73. The Morgan fingerprint density at radius 3 is 2.52 bits per heavy atom. The molecule has 110 valence electrons. The zero-order valence-electron chi connectivity index (χ0n) is 11.9. The number of amides is 1. The summed E-state index contributed by atoms with van der Waals surface area (Å²) in [4.78, 5) is 12.0. The van der Waals surface area contributed by atoms with Crippen LogP contribution in [0.1, 0.15) is 18.1 Å². The van der Waals surface area contributed by atoms with Crippen molar-refractivity contribution >= 4 is 17.7 Å². The average molecular weight is 303 g/mol. The van der Waals surface area contributed by atoms with E-state index in [2.05, 4.69) is 5.32 Å². The molecule has 0 aliphatic heterocycles. The summed E-state index contributed by atoms with van der Waals surface area (Å²) in [5.41, 5.74) is 1.70. The molecule has 2 nitrogen and oxygen atoms in total. The molecule has 2 rings (SSSR count). The highest BCUT2D eigenvalue weighted by molar-refractivity contribution is 7.99. The normalized spacial score (nSPS) is 11.9. The van der Waals surface area contributed by atoms with Crippen molar-refractivity contribution in [2.45, 2.75) is 24.5 Å². The molecule has 1 N–H and O–H groups in total.